The molecule has 6 nitrogen and oxygen atoms in total. The molecule has 2 aromatic carbocycles. The summed E-state index contributed by atoms with van der Waals surface area (Å²) in [4.78, 5) is 39.0. The van der Waals surface area contributed by atoms with Crippen LogP contribution in [0, 0.1) is 0 Å². The molecule has 4 aromatic rings. The average Bonchev–Trinajstić information content (AvgIpc) is 3.26. The Bertz CT molecular complexity index is 1370. The normalized spacial score (nSPS) is 12.1. The Hall–Kier alpha value is -3.16. The summed E-state index contributed by atoms with van der Waals surface area (Å²) in [6, 6.07) is 18.2. The standard InChI is InChI=1S/C24H22ClN3O3S/c1-16(10-11-17-6-3-2-4-7-17)26-21(29)15-27-20-12-13-32-22(20)23(30)28(24(27)31)19-9-5-8-18(25)14-19/h2-9,12-14,16H,10-11,15H2,1H3,(H,26,29)/t16-/m0/s1. The molecular weight excluding hydrogens is 446 g/mol. The van der Waals surface area contributed by atoms with Crippen molar-refractivity contribution in [3.63, 3.8) is 0 Å². The number of benzene rings is 2. The monoisotopic (exact) mass is 467 g/mol. The number of hydrogen-bond donors (Lipinski definition) is 1. The lowest BCUT2D eigenvalue weighted by Gasteiger charge is -2.16. The highest BCUT2D eigenvalue weighted by Gasteiger charge is 2.18. The molecule has 164 valence electrons. The van der Waals surface area contributed by atoms with Gasteiger partial charge in [-0.1, -0.05) is 48.0 Å². The zero-order valence-electron chi connectivity index (χ0n) is 17.5. The maximum atomic E-state index is 13.3. The fraction of sp³-hybridized carbons (Fsp3) is 0.208. The number of carbonyl (C=O) groups is 1. The third-order valence-corrected chi connectivity index (χ3v) is 6.37. The van der Waals surface area contributed by atoms with Gasteiger partial charge in [0.25, 0.3) is 5.56 Å². The quantitative estimate of drug-likeness (QED) is 0.446. The van der Waals surface area contributed by atoms with Crippen molar-refractivity contribution in [2.24, 2.45) is 0 Å². The number of nitrogens with one attached hydrogen (secondary N) is 1. The zero-order valence-corrected chi connectivity index (χ0v) is 19.0. The fourth-order valence-electron chi connectivity index (χ4n) is 3.65. The summed E-state index contributed by atoms with van der Waals surface area (Å²) >= 11 is 7.30. The minimum Gasteiger partial charge on any atom is -0.352 e. The molecular formula is C24H22ClN3O3S. The van der Waals surface area contributed by atoms with Crippen molar-refractivity contribution in [2.45, 2.75) is 32.4 Å². The van der Waals surface area contributed by atoms with E-state index in [9.17, 15) is 14.4 Å². The first kappa shape index (κ1) is 22.0. The van der Waals surface area contributed by atoms with Crippen LogP contribution in [-0.2, 0) is 17.8 Å². The van der Waals surface area contributed by atoms with Crippen LogP contribution in [-0.4, -0.2) is 21.1 Å². The van der Waals surface area contributed by atoms with E-state index in [1.807, 2.05) is 25.1 Å². The molecule has 0 radical (unpaired) electrons. The number of amides is 1. The fourth-order valence-corrected chi connectivity index (χ4v) is 4.66. The van der Waals surface area contributed by atoms with Crippen LogP contribution >= 0.6 is 22.9 Å². The van der Waals surface area contributed by atoms with E-state index >= 15 is 0 Å². The summed E-state index contributed by atoms with van der Waals surface area (Å²) in [7, 11) is 0. The van der Waals surface area contributed by atoms with Crippen molar-refractivity contribution in [3.05, 3.63) is 97.5 Å². The molecule has 0 fully saturated rings. The number of nitrogens with zero attached hydrogens (tertiary/aromatic N) is 2. The third kappa shape index (κ3) is 4.69. The summed E-state index contributed by atoms with van der Waals surface area (Å²) in [6.07, 6.45) is 1.62. The number of rotatable bonds is 7. The van der Waals surface area contributed by atoms with Gasteiger partial charge in [0.15, 0.2) is 0 Å². The Balaban J connectivity index is 1.59. The SMILES string of the molecule is C[C@@H](CCc1ccccc1)NC(=O)Cn1c(=O)n(-c2cccc(Cl)c2)c(=O)c2sccc21. The van der Waals surface area contributed by atoms with Crippen LogP contribution in [0.4, 0.5) is 0 Å². The predicted molar refractivity (Wildman–Crippen MR) is 129 cm³/mol. The summed E-state index contributed by atoms with van der Waals surface area (Å²) in [5.41, 5.74) is 1.03. The van der Waals surface area contributed by atoms with Crippen LogP contribution < -0.4 is 16.6 Å². The Morgan fingerprint density at radius 1 is 1.09 bits per heavy atom. The van der Waals surface area contributed by atoms with Gasteiger partial charge in [-0.3, -0.25) is 14.2 Å². The highest BCUT2D eigenvalue weighted by atomic mass is 35.5. The maximum absolute atomic E-state index is 13.3. The molecule has 1 amide bonds. The van der Waals surface area contributed by atoms with E-state index in [4.69, 9.17) is 11.6 Å². The number of fused-ring (bicyclic) bond motifs is 1. The Kier molecular flexibility index (Phi) is 6.58. The van der Waals surface area contributed by atoms with Crippen LogP contribution in [0.3, 0.4) is 0 Å². The number of hydrogen-bond acceptors (Lipinski definition) is 4. The highest BCUT2D eigenvalue weighted by molar-refractivity contribution is 7.17. The molecule has 1 N–H and O–H groups in total. The van der Waals surface area contributed by atoms with Gasteiger partial charge >= 0.3 is 5.69 Å². The van der Waals surface area contributed by atoms with Crippen molar-refractivity contribution in [1.82, 2.24) is 14.5 Å². The number of carbonyl (C=O) groups excluding carboxylic acids is 1. The van der Waals surface area contributed by atoms with Crippen molar-refractivity contribution in [3.8, 4) is 5.69 Å². The van der Waals surface area contributed by atoms with Crippen LogP contribution in [0.15, 0.2) is 75.6 Å². The Labute approximate surface area is 193 Å². The van der Waals surface area contributed by atoms with Gasteiger partial charge in [0, 0.05) is 11.1 Å². The van der Waals surface area contributed by atoms with Crippen molar-refractivity contribution in [1.29, 1.82) is 0 Å². The van der Waals surface area contributed by atoms with E-state index in [0.29, 0.717) is 20.9 Å². The van der Waals surface area contributed by atoms with Crippen LogP contribution in [0.1, 0.15) is 18.9 Å². The minimum atomic E-state index is -0.574. The van der Waals surface area contributed by atoms with E-state index in [1.54, 1.807) is 35.7 Å². The average molecular weight is 468 g/mol. The smallest absolute Gasteiger partial charge is 0.336 e. The summed E-state index contributed by atoms with van der Waals surface area (Å²) in [5.74, 6) is -0.281. The summed E-state index contributed by atoms with van der Waals surface area (Å²) in [5, 5.41) is 5.12. The second-order valence-electron chi connectivity index (χ2n) is 7.62. The van der Waals surface area contributed by atoms with E-state index in [2.05, 4.69) is 17.4 Å². The first-order chi connectivity index (χ1) is 15.4. The molecule has 2 aromatic heterocycles. The second kappa shape index (κ2) is 9.54. The molecule has 4 rings (SSSR count). The number of aromatic nitrogens is 2. The molecule has 0 bridgehead atoms. The number of aryl methyl sites for hydroxylation is 1. The molecule has 0 aliphatic heterocycles. The van der Waals surface area contributed by atoms with E-state index < -0.39 is 11.2 Å². The molecule has 1 atom stereocenters. The first-order valence-electron chi connectivity index (χ1n) is 10.3. The summed E-state index contributed by atoms with van der Waals surface area (Å²) in [6.45, 7) is 1.76. The van der Waals surface area contributed by atoms with Crippen molar-refractivity contribution < 1.29 is 4.79 Å². The molecule has 8 heteroatoms. The van der Waals surface area contributed by atoms with Gasteiger partial charge in [0.05, 0.1) is 11.2 Å². The Morgan fingerprint density at radius 3 is 2.62 bits per heavy atom. The molecule has 0 aliphatic carbocycles. The molecule has 0 unspecified atom stereocenters. The van der Waals surface area contributed by atoms with Crippen LogP contribution in [0.5, 0.6) is 0 Å². The first-order valence-corrected chi connectivity index (χ1v) is 11.5. The lowest BCUT2D eigenvalue weighted by Crippen LogP contribution is -2.43. The van der Waals surface area contributed by atoms with E-state index in [0.717, 1.165) is 17.4 Å². The van der Waals surface area contributed by atoms with Gasteiger partial charge in [-0.2, -0.15) is 0 Å². The van der Waals surface area contributed by atoms with Gasteiger partial charge in [-0.25, -0.2) is 9.36 Å². The zero-order chi connectivity index (χ0) is 22.7. The second-order valence-corrected chi connectivity index (χ2v) is 8.97. The van der Waals surface area contributed by atoms with Crippen molar-refractivity contribution >= 4 is 39.1 Å². The lowest BCUT2D eigenvalue weighted by atomic mass is 10.1. The van der Waals surface area contributed by atoms with Gasteiger partial charge in [0.2, 0.25) is 5.91 Å². The largest absolute Gasteiger partial charge is 0.352 e. The predicted octanol–water partition coefficient (Wildman–Crippen LogP) is 4.00. The molecule has 32 heavy (non-hydrogen) atoms. The number of halogens is 1. The maximum Gasteiger partial charge on any atom is 0.336 e. The summed E-state index contributed by atoms with van der Waals surface area (Å²) < 4.78 is 2.82. The Morgan fingerprint density at radius 2 is 1.88 bits per heavy atom. The topological polar surface area (TPSA) is 73.1 Å². The van der Waals surface area contributed by atoms with Crippen molar-refractivity contribution in [2.75, 3.05) is 0 Å². The number of thiophene rings is 1. The molecule has 0 spiro atoms. The molecule has 0 saturated heterocycles. The van der Waals surface area contributed by atoms with Crippen LogP contribution in [0.25, 0.3) is 15.9 Å². The lowest BCUT2D eigenvalue weighted by molar-refractivity contribution is -0.122. The van der Waals surface area contributed by atoms with E-state index in [-0.39, 0.29) is 18.5 Å². The van der Waals surface area contributed by atoms with E-state index in [1.165, 1.54) is 21.5 Å². The molecule has 0 aliphatic rings. The van der Waals surface area contributed by atoms with Crippen LogP contribution in [0.2, 0.25) is 5.02 Å². The third-order valence-electron chi connectivity index (χ3n) is 5.24. The molecule has 0 saturated carbocycles. The molecule has 2 heterocycles. The van der Waals surface area contributed by atoms with Gasteiger partial charge in [-0.05, 0) is 55.0 Å². The minimum absolute atomic E-state index is 0.0600. The van der Waals surface area contributed by atoms with Gasteiger partial charge in [-0.15, -0.1) is 11.3 Å². The van der Waals surface area contributed by atoms with Gasteiger partial charge in [0.1, 0.15) is 11.2 Å². The highest BCUT2D eigenvalue weighted by Crippen LogP contribution is 2.18. The van der Waals surface area contributed by atoms with Gasteiger partial charge < -0.3 is 5.32 Å².